The van der Waals surface area contributed by atoms with E-state index in [2.05, 4.69) is 10.0 Å². The van der Waals surface area contributed by atoms with E-state index in [1.54, 1.807) is 26.0 Å². The van der Waals surface area contributed by atoms with E-state index in [1.165, 1.54) is 13.2 Å². The van der Waals surface area contributed by atoms with Crippen LogP contribution in [0.5, 0.6) is 0 Å². The van der Waals surface area contributed by atoms with E-state index < -0.39 is 22.0 Å². The molecule has 130 valence electrons. The van der Waals surface area contributed by atoms with Crippen molar-refractivity contribution >= 4 is 15.9 Å². The normalized spacial score (nSPS) is 12.8. The monoisotopic (exact) mass is 350 g/mol. The van der Waals surface area contributed by atoms with Crippen LogP contribution in [0.2, 0.25) is 0 Å². The second-order valence-electron chi connectivity index (χ2n) is 5.87. The van der Waals surface area contributed by atoms with Crippen LogP contribution in [0.25, 0.3) is 0 Å². The minimum atomic E-state index is -3.79. The Balaban J connectivity index is 2.09. The van der Waals surface area contributed by atoms with E-state index in [-0.39, 0.29) is 11.4 Å². The largest absolute Gasteiger partial charge is 0.467 e. The zero-order chi connectivity index (χ0) is 17.9. The lowest BCUT2D eigenvalue weighted by Crippen LogP contribution is -2.44. The zero-order valence-corrected chi connectivity index (χ0v) is 15.0. The number of rotatable bonds is 6. The summed E-state index contributed by atoms with van der Waals surface area (Å²) in [7, 11) is -3.79. The molecule has 1 atom stereocenters. The minimum absolute atomic E-state index is 0.209. The molecular formula is C17H22N2O4S. The predicted molar refractivity (Wildman–Crippen MR) is 91.0 cm³/mol. The number of benzene rings is 1. The molecule has 6 nitrogen and oxygen atoms in total. The molecule has 0 aliphatic heterocycles. The third-order valence-electron chi connectivity index (χ3n) is 3.62. The fraction of sp³-hybridized carbons (Fsp3) is 0.353. The molecule has 1 amide bonds. The highest BCUT2D eigenvalue weighted by Crippen LogP contribution is 2.21. The molecule has 0 spiro atoms. The first-order valence-electron chi connectivity index (χ1n) is 7.61. The summed E-state index contributed by atoms with van der Waals surface area (Å²) in [6.45, 7) is 7.12. The molecule has 1 aromatic heterocycles. The first-order valence-corrected chi connectivity index (χ1v) is 9.09. The van der Waals surface area contributed by atoms with Gasteiger partial charge in [0.15, 0.2) is 0 Å². The van der Waals surface area contributed by atoms with Crippen LogP contribution in [0.4, 0.5) is 0 Å². The Bertz CT molecular complexity index is 803. The summed E-state index contributed by atoms with van der Waals surface area (Å²) in [5.74, 6) is 0.182. The predicted octanol–water partition coefficient (Wildman–Crippen LogP) is 2.19. The molecular weight excluding hydrogens is 328 g/mol. The number of hydrogen-bond donors (Lipinski definition) is 2. The topological polar surface area (TPSA) is 88.4 Å². The molecule has 0 aliphatic rings. The molecule has 0 saturated heterocycles. The summed E-state index contributed by atoms with van der Waals surface area (Å²) in [6, 6.07) is 6.17. The lowest BCUT2D eigenvalue weighted by Gasteiger charge is -2.17. The molecule has 2 N–H and O–H groups in total. The van der Waals surface area contributed by atoms with Crippen molar-refractivity contribution in [1.29, 1.82) is 0 Å². The number of carbonyl (C=O) groups excluding carboxylic acids is 1. The quantitative estimate of drug-likeness (QED) is 0.836. The molecule has 0 aliphatic carbocycles. The van der Waals surface area contributed by atoms with Gasteiger partial charge in [-0.15, -0.1) is 0 Å². The Labute approximate surface area is 142 Å². The number of aryl methyl sites for hydroxylation is 3. The number of sulfonamides is 1. The molecule has 2 rings (SSSR count). The highest BCUT2D eigenvalue weighted by Gasteiger charge is 2.25. The van der Waals surface area contributed by atoms with Gasteiger partial charge in [-0.25, -0.2) is 8.42 Å². The number of hydrogen-bond acceptors (Lipinski definition) is 4. The first kappa shape index (κ1) is 18.2. The highest BCUT2D eigenvalue weighted by molar-refractivity contribution is 7.89. The van der Waals surface area contributed by atoms with Gasteiger partial charge < -0.3 is 9.73 Å². The van der Waals surface area contributed by atoms with Crippen LogP contribution in [0.15, 0.2) is 39.8 Å². The van der Waals surface area contributed by atoms with Gasteiger partial charge in [0.25, 0.3) is 0 Å². The SMILES string of the molecule is Cc1cc(C)c(S(=O)(=O)N[C@@H](C)C(=O)NCc2ccco2)c(C)c1. The maximum absolute atomic E-state index is 12.6. The van der Waals surface area contributed by atoms with Gasteiger partial charge in [0.1, 0.15) is 5.76 Å². The van der Waals surface area contributed by atoms with Crippen LogP contribution >= 0.6 is 0 Å². The van der Waals surface area contributed by atoms with E-state index in [1.807, 2.05) is 19.1 Å². The van der Waals surface area contributed by atoms with Crippen molar-refractivity contribution in [3.05, 3.63) is 53.0 Å². The maximum atomic E-state index is 12.6. The van der Waals surface area contributed by atoms with Gasteiger partial charge >= 0.3 is 0 Å². The van der Waals surface area contributed by atoms with Crippen LogP contribution in [0, 0.1) is 20.8 Å². The second kappa shape index (κ2) is 7.19. The minimum Gasteiger partial charge on any atom is -0.467 e. The van der Waals surface area contributed by atoms with E-state index in [4.69, 9.17) is 4.42 Å². The standard InChI is InChI=1S/C17H22N2O4S/c1-11-8-12(2)16(13(3)9-11)24(21,22)19-14(4)17(20)18-10-15-6-5-7-23-15/h5-9,14,19H,10H2,1-4H3,(H,18,20)/t14-/m0/s1. The van der Waals surface area contributed by atoms with Crippen LogP contribution < -0.4 is 10.0 Å². The van der Waals surface area contributed by atoms with Crippen molar-refractivity contribution < 1.29 is 17.6 Å². The fourth-order valence-corrected chi connectivity index (χ4v) is 4.33. The maximum Gasteiger partial charge on any atom is 0.241 e. The third kappa shape index (κ3) is 4.24. The molecule has 1 heterocycles. The van der Waals surface area contributed by atoms with Gasteiger partial charge in [-0.05, 0) is 51.0 Å². The molecule has 2 aromatic rings. The average Bonchev–Trinajstić information content (AvgIpc) is 2.95. The van der Waals surface area contributed by atoms with Crippen molar-refractivity contribution in [3.8, 4) is 0 Å². The number of carbonyl (C=O) groups is 1. The Morgan fingerprint density at radius 1 is 1.21 bits per heavy atom. The molecule has 0 unspecified atom stereocenters. The summed E-state index contributed by atoms with van der Waals surface area (Å²) in [6.07, 6.45) is 1.51. The molecule has 0 radical (unpaired) electrons. The van der Waals surface area contributed by atoms with Crippen molar-refractivity contribution in [3.63, 3.8) is 0 Å². The van der Waals surface area contributed by atoms with Gasteiger partial charge in [0.2, 0.25) is 15.9 Å². The van der Waals surface area contributed by atoms with Crippen LogP contribution in [-0.4, -0.2) is 20.4 Å². The van der Waals surface area contributed by atoms with Crippen molar-refractivity contribution in [2.45, 2.75) is 45.2 Å². The Morgan fingerprint density at radius 2 is 1.83 bits per heavy atom. The third-order valence-corrected chi connectivity index (χ3v) is 5.46. The lowest BCUT2D eigenvalue weighted by molar-refractivity contribution is -0.122. The molecule has 0 saturated carbocycles. The molecule has 0 bridgehead atoms. The zero-order valence-electron chi connectivity index (χ0n) is 14.2. The molecule has 24 heavy (non-hydrogen) atoms. The summed E-state index contributed by atoms with van der Waals surface area (Å²) in [4.78, 5) is 12.3. The van der Waals surface area contributed by atoms with Crippen molar-refractivity contribution in [2.24, 2.45) is 0 Å². The van der Waals surface area contributed by atoms with Gasteiger partial charge in [0.05, 0.1) is 23.7 Å². The lowest BCUT2D eigenvalue weighted by atomic mass is 10.1. The second-order valence-corrected chi connectivity index (χ2v) is 7.52. The Hall–Kier alpha value is -2.12. The summed E-state index contributed by atoms with van der Waals surface area (Å²) >= 11 is 0. The highest BCUT2D eigenvalue weighted by atomic mass is 32.2. The van der Waals surface area contributed by atoms with E-state index in [0.717, 1.165) is 5.56 Å². The Kier molecular flexibility index (Phi) is 5.46. The van der Waals surface area contributed by atoms with Crippen LogP contribution in [-0.2, 0) is 21.4 Å². The van der Waals surface area contributed by atoms with E-state index >= 15 is 0 Å². The summed E-state index contributed by atoms with van der Waals surface area (Å²) in [5.41, 5.74) is 2.31. The van der Waals surface area contributed by atoms with Gasteiger partial charge in [-0.1, -0.05) is 17.7 Å². The summed E-state index contributed by atoms with van der Waals surface area (Å²) < 4.78 is 32.8. The van der Waals surface area contributed by atoms with Gasteiger partial charge in [0, 0.05) is 0 Å². The van der Waals surface area contributed by atoms with Crippen molar-refractivity contribution in [2.75, 3.05) is 0 Å². The van der Waals surface area contributed by atoms with Crippen LogP contribution in [0.1, 0.15) is 29.4 Å². The molecule has 7 heteroatoms. The number of amides is 1. The van der Waals surface area contributed by atoms with Crippen molar-refractivity contribution in [1.82, 2.24) is 10.0 Å². The summed E-state index contributed by atoms with van der Waals surface area (Å²) in [5, 5.41) is 2.64. The molecule has 0 fully saturated rings. The van der Waals surface area contributed by atoms with E-state index in [0.29, 0.717) is 16.9 Å². The molecule has 1 aromatic carbocycles. The van der Waals surface area contributed by atoms with Gasteiger partial charge in [-0.2, -0.15) is 4.72 Å². The average molecular weight is 350 g/mol. The first-order chi connectivity index (χ1) is 11.2. The van der Waals surface area contributed by atoms with Crippen LogP contribution in [0.3, 0.4) is 0 Å². The number of furan rings is 1. The van der Waals surface area contributed by atoms with E-state index in [9.17, 15) is 13.2 Å². The number of nitrogens with one attached hydrogen (secondary N) is 2. The smallest absolute Gasteiger partial charge is 0.241 e. The van der Waals surface area contributed by atoms with Gasteiger partial charge in [-0.3, -0.25) is 4.79 Å². The Morgan fingerprint density at radius 3 is 2.38 bits per heavy atom. The fourth-order valence-electron chi connectivity index (χ4n) is 2.68.